The maximum absolute atomic E-state index is 13.6. The van der Waals surface area contributed by atoms with Crippen LogP contribution in [-0.4, -0.2) is 16.1 Å². The lowest BCUT2D eigenvalue weighted by Gasteiger charge is -2.12. The molecule has 3 nitrogen and oxygen atoms in total. The standard InChI is InChI=1S/C14H17F2N3/c1-10(2)8-18-14-17-5-6-19(14)9-11-7-12(15)3-4-13(11)16/h3-7,10H,8-9H2,1-2H3,(H,17,18). The van der Waals surface area contributed by atoms with E-state index in [1.54, 1.807) is 17.0 Å². The van der Waals surface area contributed by atoms with Crippen molar-refractivity contribution >= 4 is 5.95 Å². The van der Waals surface area contributed by atoms with Gasteiger partial charge in [0.2, 0.25) is 5.95 Å². The number of anilines is 1. The summed E-state index contributed by atoms with van der Waals surface area (Å²) in [5.41, 5.74) is 0.311. The fourth-order valence-electron chi connectivity index (χ4n) is 1.75. The first-order chi connectivity index (χ1) is 9.06. The second kappa shape index (κ2) is 5.82. The molecule has 0 aliphatic heterocycles. The van der Waals surface area contributed by atoms with Gasteiger partial charge in [-0.3, -0.25) is 0 Å². The van der Waals surface area contributed by atoms with Gasteiger partial charge in [0.1, 0.15) is 11.6 Å². The van der Waals surface area contributed by atoms with Gasteiger partial charge >= 0.3 is 0 Å². The van der Waals surface area contributed by atoms with Gasteiger partial charge in [-0.2, -0.15) is 0 Å². The molecular formula is C14H17F2N3. The highest BCUT2D eigenvalue weighted by Gasteiger charge is 2.08. The van der Waals surface area contributed by atoms with E-state index in [0.29, 0.717) is 17.4 Å². The molecule has 2 rings (SSSR count). The smallest absolute Gasteiger partial charge is 0.203 e. The van der Waals surface area contributed by atoms with Crippen molar-refractivity contribution in [1.29, 1.82) is 0 Å². The van der Waals surface area contributed by atoms with Crippen molar-refractivity contribution < 1.29 is 8.78 Å². The van der Waals surface area contributed by atoms with E-state index < -0.39 is 11.6 Å². The van der Waals surface area contributed by atoms with E-state index in [-0.39, 0.29) is 6.54 Å². The van der Waals surface area contributed by atoms with Crippen LogP contribution in [0.3, 0.4) is 0 Å². The van der Waals surface area contributed by atoms with Crippen LogP contribution < -0.4 is 5.32 Å². The molecule has 1 heterocycles. The van der Waals surface area contributed by atoms with E-state index in [4.69, 9.17) is 0 Å². The number of hydrogen-bond donors (Lipinski definition) is 1. The lowest BCUT2D eigenvalue weighted by atomic mass is 10.2. The predicted octanol–water partition coefficient (Wildman–Crippen LogP) is 3.28. The molecule has 2 aromatic rings. The Morgan fingerprint density at radius 2 is 2.11 bits per heavy atom. The minimum atomic E-state index is -0.437. The normalized spacial score (nSPS) is 11.0. The van der Waals surface area contributed by atoms with Crippen LogP contribution in [-0.2, 0) is 6.54 Å². The summed E-state index contributed by atoms with van der Waals surface area (Å²) in [7, 11) is 0. The Morgan fingerprint density at radius 3 is 2.84 bits per heavy atom. The number of aromatic nitrogens is 2. The highest BCUT2D eigenvalue weighted by Crippen LogP contribution is 2.14. The highest BCUT2D eigenvalue weighted by molar-refractivity contribution is 5.28. The van der Waals surface area contributed by atoms with Crippen LogP contribution in [0.25, 0.3) is 0 Å². The molecule has 102 valence electrons. The third-order valence-electron chi connectivity index (χ3n) is 2.73. The van der Waals surface area contributed by atoms with Gasteiger partial charge in [0, 0.05) is 24.5 Å². The summed E-state index contributed by atoms with van der Waals surface area (Å²) in [5, 5.41) is 3.18. The number of rotatable bonds is 5. The predicted molar refractivity (Wildman–Crippen MR) is 71.0 cm³/mol. The summed E-state index contributed by atoms with van der Waals surface area (Å²) in [6.07, 6.45) is 3.38. The minimum Gasteiger partial charge on any atom is -0.355 e. The number of nitrogens with one attached hydrogen (secondary N) is 1. The van der Waals surface area contributed by atoms with Gasteiger partial charge in [-0.25, -0.2) is 13.8 Å². The maximum atomic E-state index is 13.6. The fourth-order valence-corrected chi connectivity index (χ4v) is 1.75. The molecule has 1 aromatic carbocycles. The molecule has 0 radical (unpaired) electrons. The molecule has 0 aliphatic carbocycles. The third-order valence-corrected chi connectivity index (χ3v) is 2.73. The summed E-state index contributed by atoms with van der Waals surface area (Å²) < 4.78 is 28.5. The van der Waals surface area contributed by atoms with Crippen molar-refractivity contribution in [2.24, 2.45) is 5.92 Å². The second-order valence-corrected chi connectivity index (χ2v) is 4.89. The van der Waals surface area contributed by atoms with Crippen LogP contribution in [0.1, 0.15) is 19.4 Å². The summed E-state index contributed by atoms with van der Waals surface area (Å²) >= 11 is 0. The molecule has 5 heteroatoms. The molecule has 0 saturated heterocycles. The average molecular weight is 265 g/mol. The number of hydrogen-bond acceptors (Lipinski definition) is 2. The van der Waals surface area contributed by atoms with E-state index in [9.17, 15) is 8.78 Å². The Labute approximate surface area is 111 Å². The Hall–Kier alpha value is -1.91. The third kappa shape index (κ3) is 3.53. The van der Waals surface area contributed by atoms with Crippen molar-refractivity contribution in [2.75, 3.05) is 11.9 Å². The largest absolute Gasteiger partial charge is 0.355 e. The van der Waals surface area contributed by atoms with Crippen LogP contribution in [0, 0.1) is 17.6 Å². The van der Waals surface area contributed by atoms with E-state index >= 15 is 0 Å². The zero-order valence-electron chi connectivity index (χ0n) is 11.0. The van der Waals surface area contributed by atoms with E-state index in [0.717, 1.165) is 18.7 Å². The molecule has 1 aromatic heterocycles. The molecule has 1 N–H and O–H groups in total. The van der Waals surface area contributed by atoms with Crippen molar-refractivity contribution in [3.8, 4) is 0 Å². The van der Waals surface area contributed by atoms with Crippen molar-refractivity contribution in [3.05, 3.63) is 47.8 Å². The molecule has 0 aliphatic rings. The number of nitrogens with zero attached hydrogens (tertiary/aromatic N) is 2. The SMILES string of the molecule is CC(C)CNc1nccn1Cc1cc(F)ccc1F. The first kappa shape index (κ1) is 13.5. The van der Waals surface area contributed by atoms with Gasteiger partial charge in [-0.1, -0.05) is 13.8 Å². The molecule has 0 atom stereocenters. The van der Waals surface area contributed by atoms with Gasteiger partial charge in [-0.05, 0) is 24.1 Å². The summed E-state index contributed by atoms with van der Waals surface area (Å²) in [6.45, 7) is 5.21. The van der Waals surface area contributed by atoms with Gasteiger partial charge in [0.25, 0.3) is 0 Å². The van der Waals surface area contributed by atoms with E-state index in [1.165, 1.54) is 6.07 Å². The summed E-state index contributed by atoms with van der Waals surface area (Å²) in [4.78, 5) is 4.17. The Morgan fingerprint density at radius 1 is 1.32 bits per heavy atom. The van der Waals surface area contributed by atoms with Gasteiger partial charge in [-0.15, -0.1) is 0 Å². The summed E-state index contributed by atoms with van der Waals surface area (Å²) in [6, 6.07) is 3.47. The quantitative estimate of drug-likeness (QED) is 0.899. The first-order valence-corrected chi connectivity index (χ1v) is 6.25. The average Bonchev–Trinajstić information content (AvgIpc) is 2.79. The molecule has 0 unspecified atom stereocenters. The molecular weight excluding hydrogens is 248 g/mol. The van der Waals surface area contributed by atoms with Crippen LogP contribution in [0.5, 0.6) is 0 Å². The summed E-state index contributed by atoms with van der Waals surface area (Å²) in [5.74, 6) is 0.298. The van der Waals surface area contributed by atoms with Crippen LogP contribution in [0.2, 0.25) is 0 Å². The fraction of sp³-hybridized carbons (Fsp3) is 0.357. The van der Waals surface area contributed by atoms with E-state index in [1.807, 2.05) is 0 Å². The lowest BCUT2D eigenvalue weighted by Crippen LogP contribution is -2.13. The van der Waals surface area contributed by atoms with Crippen LogP contribution in [0.4, 0.5) is 14.7 Å². The van der Waals surface area contributed by atoms with E-state index in [2.05, 4.69) is 24.1 Å². The number of imidazole rings is 1. The van der Waals surface area contributed by atoms with Gasteiger partial charge < -0.3 is 9.88 Å². The monoisotopic (exact) mass is 265 g/mol. The van der Waals surface area contributed by atoms with Crippen LogP contribution in [0.15, 0.2) is 30.6 Å². The lowest BCUT2D eigenvalue weighted by molar-refractivity contribution is 0.577. The molecule has 19 heavy (non-hydrogen) atoms. The Balaban J connectivity index is 2.15. The minimum absolute atomic E-state index is 0.254. The van der Waals surface area contributed by atoms with Gasteiger partial charge in [0.05, 0.1) is 6.54 Å². The zero-order valence-corrected chi connectivity index (χ0v) is 11.0. The van der Waals surface area contributed by atoms with Crippen molar-refractivity contribution in [3.63, 3.8) is 0 Å². The molecule has 0 spiro atoms. The maximum Gasteiger partial charge on any atom is 0.203 e. The molecule has 0 amide bonds. The van der Waals surface area contributed by atoms with Gasteiger partial charge in [0.15, 0.2) is 0 Å². The molecule has 0 saturated carbocycles. The number of benzene rings is 1. The highest BCUT2D eigenvalue weighted by atomic mass is 19.1. The Bertz CT molecular complexity index is 549. The zero-order chi connectivity index (χ0) is 13.8. The topological polar surface area (TPSA) is 29.9 Å². The van der Waals surface area contributed by atoms with Crippen molar-refractivity contribution in [1.82, 2.24) is 9.55 Å². The molecule has 0 fully saturated rings. The first-order valence-electron chi connectivity index (χ1n) is 6.25. The Kier molecular flexibility index (Phi) is 4.14. The van der Waals surface area contributed by atoms with Crippen molar-refractivity contribution in [2.45, 2.75) is 20.4 Å². The number of halogens is 2. The second-order valence-electron chi connectivity index (χ2n) is 4.89. The van der Waals surface area contributed by atoms with Crippen LogP contribution >= 0.6 is 0 Å². The molecule has 0 bridgehead atoms.